The summed E-state index contributed by atoms with van der Waals surface area (Å²) in [5.74, 6) is 0.743. The van der Waals surface area contributed by atoms with Crippen molar-refractivity contribution in [1.82, 2.24) is 4.98 Å². The Bertz CT molecular complexity index is 439. The van der Waals surface area contributed by atoms with Gasteiger partial charge in [-0.15, -0.1) is 0 Å². The zero-order valence-electron chi connectivity index (χ0n) is 10.8. The maximum absolute atomic E-state index is 6.16. The molecule has 3 nitrogen and oxygen atoms in total. The van der Waals surface area contributed by atoms with Crippen LogP contribution in [-0.2, 0) is 4.74 Å². The Balaban J connectivity index is 2.03. The summed E-state index contributed by atoms with van der Waals surface area (Å²) in [7, 11) is 0. The second-order valence-electron chi connectivity index (χ2n) is 5.18. The van der Waals surface area contributed by atoms with Crippen molar-refractivity contribution in [3.8, 4) is 0 Å². The van der Waals surface area contributed by atoms with Crippen LogP contribution in [0.4, 0.5) is 5.82 Å². The summed E-state index contributed by atoms with van der Waals surface area (Å²) in [5.41, 5.74) is 0.105. The van der Waals surface area contributed by atoms with Crippen LogP contribution < -0.4 is 5.32 Å². The molecule has 18 heavy (non-hydrogen) atoms. The minimum Gasteiger partial charge on any atom is -0.378 e. The van der Waals surface area contributed by atoms with Crippen LogP contribution in [0.15, 0.2) is 16.7 Å². The average Bonchev–Trinajstić information content (AvgIpc) is 2.30. The highest BCUT2D eigenvalue weighted by Crippen LogP contribution is 2.44. The van der Waals surface area contributed by atoms with Gasteiger partial charge < -0.3 is 10.1 Å². The van der Waals surface area contributed by atoms with Crippen LogP contribution >= 0.6 is 27.5 Å². The van der Waals surface area contributed by atoms with Crippen molar-refractivity contribution in [1.29, 1.82) is 0 Å². The van der Waals surface area contributed by atoms with E-state index < -0.39 is 0 Å². The molecule has 1 aromatic heterocycles. The number of rotatable bonds is 4. The fourth-order valence-corrected chi connectivity index (χ4v) is 2.98. The number of ether oxygens (including phenoxy) is 1. The first-order valence-corrected chi connectivity index (χ1v) is 7.31. The number of hydrogen-bond acceptors (Lipinski definition) is 3. The van der Waals surface area contributed by atoms with E-state index in [2.05, 4.69) is 40.1 Å². The largest absolute Gasteiger partial charge is 0.378 e. The van der Waals surface area contributed by atoms with Gasteiger partial charge in [0.2, 0.25) is 0 Å². The minimum absolute atomic E-state index is 0.105. The SMILES string of the molecule is CCOC1CC(Nc2ncc(Br)cc2Cl)C1(C)C. The number of halogens is 2. The van der Waals surface area contributed by atoms with Crippen LogP contribution in [0.3, 0.4) is 0 Å². The van der Waals surface area contributed by atoms with Crippen molar-refractivity contribution < 1.29 is 4.74 Å². The molecule has 0 amide bonds. The Kier molecular flexibility index (Phi) is 4.19. The number of aromatic nitrogens is 1. The molecule has 2 atom stereocenters. The van der Waals surface area contributed by atoms with E-state index in [-0.39, 0.29) is 5.41 Å². The molecule has 1 heterocycles. The monoisotopic (exact) mass is 332 g/mol. The third-order valence-corrected chi connectivity index (χ3v) is 4.39. The highest BCUT2D eigenvalue weighted by Gasteiger charge is 2.49. The van der Waals surface area contributed by atoms with Crippen molar-refractivity contribution >= 4 is 33.3 Å². The first kappa shape index (κ1) is 14.1. The van der Waals surface area contributed by atoms with E-state index in [0.29, 0.717) is 17.2 Å². The first-order valence-electron chi connectivity index (χ1n) is 6.14. The van der Waals surface area contributed by atoms with Gasteiger partial charge in [-0.3, -0.25) is 0 Å². The minimum atomic E-state index is 0.105. The van der Waals surface area contributed by atoms with Gasteiger partial charge in [0.1, 0.15) is 5.82 Å². The van der Waals surface area contributed by atoms with Crippen LogP contribution in [0.2, 0.25) is 5.02 Å². The summed E-state index contributed by atoms with van der Waals surface area (Å²) in [4.78, 5) is 4.31. The van der Waals surface area contributed by atoms with Gasteiger partial charge in [-0.1, -0.05) is 25.4 Å². The lowest BCUT2D eigenvalue weighted by atomic mass is 9.64. The lowest BCUT2D eigenvalue weighted by molar-refractivity contribution is -0.0976. The molecule has 1 N–H and O–H groups in total. The molecular weight excluding hydrogens is 316 g/mol. The van der Waals surface area contributed by atoms with Crippen molar-refractivity contribution in [3.63, 3.8) is 0 Å². The molecule has 0 saturated heterocycles. The van der Waals surface area contributed by atoms with Gasteiger partial charge in [-0.2, -0.15) is 0 Å². The standard InChI is InChI=1S/C13H18BrClN2O/c1-4-18-11-6-10(13(11,2)3)17-12-9(15)5-8(14)7-16-12/h5,7,10-11H,4,6H2,1-3H3,(H,16,17). The smallest absolute Gasteiger partial charge is 0.145 e. The van der Waals surface area contributed by atoms with Gasteiger partial charge in [0.05, 0.1) is 11.1 Å². The fourth-order valence-electron chi connectivity index (χ4n) is 2.30. The molecule has 2 rings (SSSR count). The number of anilines is 1. The predicted octanol–water partition coefficient (Wildman–Crippen LogP) is 4.11. The molecular formula is C13H18BrClN2O. The highest BCUT2D eigenvalue weighted by molar-refractivity contribution is 9.10. The van der Waals surface area contributed by atoms with E-state index in [0.717, 1.165) is 23.3 Å². The number of hydrogen-bond donors (Lipinski definition) is 1. The third-order valence-electron chi connectivity index (χ3n) is 3.66. The molecule has 1 aliphatic carbocycles. The molecule has 100 valence electrons. The van der Waals surface area contributed by atoms with Crippen molar-refractivity contribution in [3.05, 3.63) is 21.8 Å². The van der Waals surface area contributed by atoms with E-state index >= 15 is 0 Å². The highest BCUT2D eigenvalue weighted by atomic mass is 79.9. The average molecular weight is 334 g/mol. The van der Waals surface area contributed by atoms with Crippen molar-refractivity contribution in [2.24, 2.45) is 5.41 Å². The van der Waals surface area contributed by atoms with E-state index in [4.69, 9.17) is 16.3 Å². The third kappa shape index (κ3) is 2.65. The molecule has 0 radical (unpaired) electrons. The van der Waals surface area contributed by atoms with Crippen LogP contribution in [0.25, 0.3) is 0 Å². The van der Waals surface area contributed by atoms with Crippen molar-refractivity contribution in [2.75, 3.05) is 11.9 Å². The second-order valence-corrected chi connectivity index (χ2v) is 6.50. The van der Waals surface area contributed by atoms with Gasteiger partial charge in [0.15, 0.2) is 0 Å². The van der Waals surface area contributed by atoms with Gasteiger partial charge in [0.25, 0.3) is 0 Å². The van der Waals surface area contributed by atoms with Crippen LogP contribution in [-0.4, -0.2) is 23.7 Å². The van der Waals surface area contributed by atoms with Gasteiger partial charge in [-0.05, 0) is 35.3 Å². The summed E-state index contributed by atoms with van der Waals surface area (Å²) in [5, 5.41) is 4.05. The molecule has 0 spiro atoms. The molecule has 1 aromatic rings. The van der Waals surface area contributed by atoms with Crippen LogP contribution in [0.1, 0.15) is 27.2 Å². The predicted molar refractivity (Wildman–Crippen MR) is 78.2 cm³/mol. The summed E-state index contributed by atoms with van der Waals surface area (Å²) < 4.78 is 6.60. The molecule has 1 saturated carbocycles. The lowest BCUT2D eigenvalue weighted by Gasteiger charge is -2.51. The number of nitrogens with zero attached hydrogens (tertiary/aromatic N) is 1. The van der Waals surface area contributed by atoms with Crippen LogP contribution in [0.5, 0.6) is 0 Å². The Morgan fingerprint density at radius 2 is 2.33 bits per heavy atom. The summed E-state index contributed by atoms with van der Waals surface area (Å²) >= 11 is 9.51. The van der Waals surface area contributed by atoms with E-state index in [1.165, 1.54) is 0 Å². The second kappa shape index (κ2) is 5.35. The molecule has 0 bridgehead atoms. The Morgan fingerprint density at radius 1 is 1.61 bits per heavy atom. The van der Waals surface area contributed by atoms with E-state index in [1.807, 2.05) is 13.0 Å². The molecule has 2 unspecified atom stereocenters. The topological polar surface area (TPSA) is 34.1 Å². The maximum atomic E-state index is 6.16. The quantitative estimate of drug-likeness (QED) is 0.900. The normalized spacial score (nSPS) is 25.6. The zero-order chi connectivity index (χ0) is 13.3. The fraction of sp³-hybridized carbons (Fsp3) is 0.615. The van der Waals surface area contributed by atoms with E-state index in [9.17, 15) is 0 Å². The lowest BCUT2D eigenvalue weighted by Crippen LogP contribution is -2.58. The first-order chi connectivity index (χ1) is 8.45. The zero-order valence-corrected chi connectivity index (χ0v) is 13.2. The Hall–Kier alpha value is -0.320. The Labute approximate surface area is 121 Å². The summed E-state index contributed by atoms with van der Waals surface area (Å²) in [6.45, 7) is 7.21. The Morgan fingerprint density at radius 3 is 2.89 bits per heavy atom. The molecule has 0 aliphatic heterocycles. The van der Waals surface area contributed by atoms with Gasteiger partial charge >= 0.3 is 0 Å². The molecule has 0 aromatic carbocycles. The summed E-state index contributed by atoms with van der Waals surface area (Å²) in [6, 6.07) is 2.20. The van der Waals surface area contributed by atoms with Crippen molar-refractivity contribution in [2.45, 2.75) is 39.3 Å². The van der Waals surface area contributed by atoms with Crippen LogP contribution in [0, 0.1) is 5.41 Å². The molecule has 5 heteroatoms. The summed E-state index contributed by atoms with van der Waals surface area (Å²) in [6.07, 6.45) is 3.06. The molecule has 1 aliphatic rings. The van der Waals surface area contributed by atoms with Gasteiger partial charge in [0, 0.05) is 28.7 Å². The molecule has 1 fully saturated rings. The number of nitrogens with one attached hydrogen (secondary N) is 1. The number of pyridine rings is 1. The van der Waals surface area contributed by atoms with Gasteiger partial charge in [-0.25, -0.2) is 4.98 Å². The van der Waals surface area contributed by atoms with E-state index in [1.54, 1.807) is 6.20 Å². The maximum Gasteiger partial charge on any atom is 0.145 e.